The molecule has 2 aromatic rings. The van der Waals surface area contributed by atoms with Crippen molar-refractivity contribution in [2.45, 2.75) is 20.3 Å². The van der Waals surface area contributed by atoms with Crippen molar-refractivity contribution in [2.75, 3.05) is 5.33 Å². The molecule has 0 saturated carbocycles. The highest BCUT2D eigenvalue weighted by Gasteiger charge is 2.20. The molecule has 4 nitrogen and oxygen atoms in total. The molecule has 148 valence electrons. The average molecular weight is 457 g/mol. The topological polar surface area (TPSA) is 95.2 Å². The van der Waals surface area contributed by atoms with Crippen LogP contribution in [0.5, 0.6) is 0 Å². The van der Waals surface area contributed by atoms with Crippen molar-refractivity contribution in [3.8, 4) is 24.3 Å². The Morgan fingerprint density at radius 3 is 1.50 bits per heavy atom. The first-order chi connectivity index (χ1) is 14.4. The van der Waals surface area contributed by atoms with Gasteiger partial charge in [0.2, 0.25) is 0 Å². The van der Waals surface area contributed by atoms with E-state index in [4.69, 9.17) is 21.0 Å². The fraction of sp³-hybridized carbons (Fsp3) is 0.200. The predicted octanol–water partition coefficient (Wildman–Crippen LogP) is 6.15. The first-order valence-electron chi connectivity index (χ1n) is 9.12. The van der Waals surface area contributed by atoms with Gasteiger partial charge in [0.05, 0.1) is 46.5 Å². The average Bonchev–Trinajstić information content (AvgIpc) is 2.79. The van der Waals surface area contributed by atoms with Crippen molar-refractivity contribution >= 4 is 15.9 Å². The van der Waals surface area contributed by atoms with Crippen molar-refractivity contribution in [2.24, 2.45) is 5.41 Å². The van der Waals surface area contributed by atoms with Crippen molar-refractivity contribution in [1.82, 2.24) is 0 Å². The predicted molar refractivity (Wildman–Crippen MR) is 121 cm³/mol. The van der Waals surface area contributed by atoms with E-state index in [-0.39, 0.29) is 0 Å². The van der Waals surface area contributed by atoms with Gasteiger partial charge in [-0.05, 0) is 55.2 Å². The molecule has 0 radical (unpaired) electrons. The Hall–Kier alpha value is -3.64. The first-order valence-corrected chi connectivity index (χ1v) is 10.2. The van der Waals surface area contributed by atoms with Crippen LogP contribution in [-0.2, 0) is 0 Å². The largest absolute Gasteiger partial charge is 0.192 e. The third-order valence-electron chi connectivity index (χ3n) is 4.09. The summed E-state index contributed by atoms with van der Waals surface area (Å²) in [6.07, 6.45) is 7.93. The Balaban J connectivity index is 0.000000225. The van der Waals surface area contributed by atoms with Gasteiger partial charge in [-0.1, -0.05) is 58.8 Å². The number of hydrogen-bond donors (Lipinski definition) is 0. The van der Waals surface area contributed by atoms with E-state index in [0.717, 1.165) is 11.8 Å². The van der Waals surface area contributed by atoms with Gasteiger partial charge in [0.25, 0.3) is 0 Å². The maximum absolute atomic E-state index is 8.40. The lowest BCUT2D eigenvalue weighted by molar-refractivity contribution is 0.495. The van der Waals surface area contributed by atoms with Gasteiger partial charge in [0.1, 0.15) is 0 Å². The van der Waals surface area contributed by atoms with E-state index in [0.29, 0.717) is 27.7 Å². The molecule has 0 saturated heterocycles. The standard InChI is InChI=1S/C9H13Br.2C8H4N2/c1-8-4-3-5-9(2,6-8)7-10;2*9-5-7-2-1-3-8(4-7)6-10/h3-4,6H,5,7H2,1-2H3;2*1-4H. The minimum absolute atomic E-state index is 0.360. The van der Waals surface area contributed by atoms with Crippen LogP contribution in [0.15, 0.2) is 72.3 Å². The van der Waals surface area contributed by atoms with Crippen LogP contribution in [0.2, 0.25) is 0 Å². The summed E-state index contributed by atoms with van der Waals surface area (Å²) >= 11 is 3.52. The highest BCUT2D eigenvalue weighted by molar-refractivity contribution is 9.09. The van der Waals surface area contributed by atoms with Gasteiger partial charge in [0.15, 0.2) is 0 Å². The third-order valence-corrected chi connectivity index (χ3v) is 5.37. The zero-order valence-corrected chi connectivity index (χ0v) is 18.5. The van der Waals surface area contributed by atoms with Gasteiger partial charge in [0, 0.05) is 5.33 Å². The van der Waals surface area contributed by atoms with Gasteiger partial charge in [-0.25, -0.2) is 0 Å². The summed E-state index contributed by atoms with van der Waals surface area (Å²) in [6, 6.07) is 21.0. The quantitative estimate of drug-likeness (QED) is 0.480. The Morgan fingerprint density at radius 1 is 0.833 bits per heavy atom. The molecule has 1 aliphatic carbocycles. The summed E-state index contributed by atoms with van der Waals surface area (Å²) in [7, 11) is 0. The molecular formula is C25H21BrN4. The number of nitriles is 4. The van der Waals surface area contributed by atoms with E-state index < -0.39 is 0 Å². The molecule has 0 amide bonds. The summed E-state index contributed by atoms with van der Waals surface area (Å²) in [5, 5.41) is 34.6. The number of nitrogens with zero attached hydrogens (tertiary/aromatic N) is 4. The van der Waals surface area contributed by atoms with E-state index in [9.17, 15) is 0 Å². The molecule has 0 aromatic heterocycles. The molecular weight excluding hydrogens is 436 g/mol. The van der Waals surface area contributed by atoms with Crippen LogP contribution in [-0.4, -0.2) is 5.33 Å². The molecule has 0 bridgehead atoms. The van der Waals surface area contributed by atoms with Crippen molar-refractivity contribution < 1.29 is 0 Å². The van der Waals surface area contributed by atoms with Gasteiger partial charge in [-0.3, -0.25) is 0 Å². The monoisotopic (exact) mass is 456 g/mol. The molecule has 2 aromatic carbocycles. The second-order valence-electron chi connectivity index (χ2n) is 6.89. The fourth-order valence-corrected chi connectivity index (χ4v) is 2.97. The zero-order valence-electron chi connectivity index (χ0n) is 16.9. The summed E-state index contributed by atoms with van der Waals surface area (Å²) < 4.78 is 0. The van der Waals surface area contributed by atoms with E-state index in [1.54, 1.807) is 48.5 Å². The minimum Gasteiger partial charge on any atom is -0.192 e. The Kier molecular flexibility index (Phi) is 10.4. The molecule has 1 aliphatic rings. The number of halogens is 1. The fourth-order valence-electron chi connectivity index (χ4n) is 2.58. The number of alkyl halides is 1. The van der Waals surface area contributed by atoms with Crippen LogP contribution in [0, 0.1) is 50.7 Å². The Morgan fingerprint density at radius 2 is 1.23 bits per heavy atom. The van der Waals surface area contributed by atoms with Gasteiger partial charge in [-0.2, -0.15) is 21.0 Å². The van der Waals surface area contributed by atoms with E-state index in [1.807, 2.05) is 24.3 Å². The number of allylic oxidation sites excluding steroid dienone is 4. The SMILES string of the molecule is CC1=CC(C)(CBr)CC=C1.N#Cc1cccc(C#N)c1.N#Cc1cccc(C#N)c1. The van der Waals surface area contributed by atoms with Crippen molar-refractivity contribution in [3.63, 3.8) is 0 Å². The van der Waals surface area contributed by atoms with Crippen molar-refractivity contribution in [3.05, 3.63) is 94.6 Å². The van der Waals surface area contributed by atoms with Crippen LogP contribution in [0.1, 0.15) is 42.5 Å². The van der Waals surface area contributed by atoms with Crippen molar-refractivity contribution in [1.29, 1.82) is 21.0 Å². The molecule has 30 heavy (non-hydrogen) atoms. The minimum atomic E-state index is 0.360. The lowest BCUT2D eigenvalue weighted by Gasteiger charge is -2.24. The number of benzene rings is 2. The van der Waals surface area contributed by atoms with Crippen LogP contribution < -0.4 is 0 Å². The summed E-state index contributed by atoms with van der Waals surface area (Å²) in [5.74, 6) is 0. The van der Waals surface area contributed by atoms with Crippen LogP contribution in [0.3, 0.4) is 0 Å². The van der Waals surface area contributed by atoms with Gasteiger partial charge < -0.3 is 0 Å². The molecule has 1 atom stereocenters. The Labute approximate surface area is 186 Å². The summed E-state index contributed by atoms with van der Waals surface area (Å²) in [6.45, 7) is 4.42. The third kappa shape index (κ3) is 8.58. The molecule has 0 N–H and O–H groups in total. The highest BCUT2D eigenvalue weighted by Crippen LogP contribution is 2.31. The van der Waals surface area contributed by atoms with Gasteiger partial charge in [-0.15, -0.1) is 0 Å². The molecule has 1 unspecified atom stereocenters. The first kappa shape index (κ1) is 24.4. The molecule has 0 fully saturated rings. The van der Waals surface area contributed by atoms with E-state index >= 15 is 0 Å². The molecule has 0 aliphatic heterocycles. The summed E-state index contributed by atoms with van der Waals surface area (Å²) in [4.78, 5) is 0. The number of hydrogen-bond acceptors (Lipinski definition) is 4. The van der Waals surface area contributed by atoms with E-state index in [2.05, 4.69) is 48.0 Å². The lowest BCUT2D eigenvalue weighted by atomic mass is 9.84. The normalized spacial score (nSPS) is 15.9. The van der Waals surface area contributed by atoms with Crippen LogP contribution in [0.4, 0.5) is 0 Å². The molecule has 0 spiro atoms. The molecule has 0 heterocycles. The smallest absolute Gasteiger partial charge is 0.0992 e. The zero-order chi connectivity index (χ0) is 22.4. The number of rotatable bonds is 1. The molecule has 5 heteroatoms. The van der Waals surface area contributed by atoms with E-state index in [1.165, 1.54) is 5.57 Å². The van der Waals surface area contributed by atoms with Crippen LogP contribution in [0.25, 0.3) is 0 Å². The molecule has 3 rings (SSSR count). The second-order valence-corrected chi connectivity index (χ2v) is 7.45. The van der Waals surface area contributed by atoms with Gasteiger partial charge >= 0.3 is 0 Å². The summed E-state index contributed by atoms with van der Waals surface area (Å²) in [5.41, 5.74) is 3.85. The second kappa shape index (κ2) is 12.7. The Bertz CT molecular complexity index is 962. The lowest BCUT2D eigenvalue weighted by Crippen LogP contribution is -2.16. The maximum atomic E-state index is 8.40. The maximum Gasteiger partial charge on any atom is 0.0992 e. The van der Waals surface area contributed by atoms with Crippen LogP contribution >= 0.6 is 15.9 Å². The highest BCUT2D eigenvalue weighted by atomic mass is 79.9.